The van der Waals surface area contributed by atoms with E-state index in [1.807, 2.05) is 31.2 Å². The molecule has 0 unspecified atom stereocenters. The van der Waals surface area contributed by atoms with E-state index in [1.165, 1.54) is 33.1 Å². The fourth-order valence-electron chi connectivity index (χ4n) is 3.55. The first-order chi connectivity index (χ1) is 15.0. The predicted molar refractivity (Wildman–Crippen MR) is 125 cm³/mol. The molecule has 0 aliphatic rings. The molecule has 2 N–H and O–H groups in total. The van der Waals surface area contributed by atoms with Gasteiger partial charge in [-0.2, -0.15) is 0 Å². The summed E-state index contributed by atoms with van der Waals surface area (Å²) >= 11 is 5.73. The lowest BCUT2D eigenvalue weighted by Gasteiger charge is -2.21. The molecule has 3 aromatic rings. The van der Waals surface area contributed by atoms with Crippen LogP contribution in [0, 0.1) is 19.7 Å². The standard InChI is InChI=1S/C24H25FN2O4S/c1-13-6-8-15(9-7-13)22(32)27-14(2)16(11-21(28)26-24(3,4)23(29)30)17-10-20(31-5)18(25)12-19(17)27/h6-10,12H,11H2,1-5H3,(H,26,28)(H,29,30). The minimum Gasteiger partial charge on any atom is -0.494 e. The zero-order chi connectivity index (χ0) is 23.8. The highest BCUT2D eigenvalue weighted by Gasteiger charge is 2.30. The number of aryl methyl sites for hydroxylation is 1. The highest BCUT2D eigenvalue weighted by atomic mass is 32.1. The van der Waals surface area contributed by atoms with Gasteiger partial charge in [-0.25, -0.2) is 9.18 Å². The maximum absolute atomic E-state index is 14.6. The van der Waals surface area contributed by atoms with Crippen LogP contribution in [0.2, 0.25) is 0 Å². The van der Waals surface area contributed by atoms with Crippen molar-refractivity contribution in [1.29, 1.82) is 0 Å². The summed E-state index contributed by atoms with van der Waals surface area (Å²) in [5.41, 5.74) is 2.23. The average molecular weight is 457 g/mol. The molecule has 0 saturated carbocycles. The summed E-state index contributed by atoms with van der Waals surface area (Å²) < 4.78 is 21.5. The van der Waals surface area contributed by atoms with E-state index in [1.54, 1.807) is 11.5 Å². The van der Waals surface area contributed by atoms with Crippen molar-refractivity contribution in [2.45, 2.75) is 39.7 Å². The number of carbonyl (C=O) groups is 2. The van der Waals surface area contributed by atoms with Crippen molar-refractivity contribution >= 4 is 40.0 Å². The summed E-state index contributed by atoms with van der Waals surface area (Å²) in [6, 6.07) is 10.5. The van der Waals surface area contributed by atoms with E-state index in [4.69, 9.17) is 17.0 Å². The Morgan fingerprint density at radius 3 is 2.38 bits per heavy atom. The van der Waals surface area contributed by atoms with E-state index >= 15 is 0 Å². The van der Waals surface area contributed by atoms with E-state index in [2.05, 4.69) is 5.32 Å². The molecule has 1 aromatic heterocycles. The molecular formula is C24H25FN2O4S. The van der Waals surface area contributed by atoms with Gasteiger partial charge >= 0.3 is 5.97 Å². The number of carboxylic acid groups (broad SMARTS) is 1. The van der Waals surface area contributed by atoms with Gasteiger partial charge in [0, 0.05) is 22.7 Å². The molecule has 0 radical (unpaired) electrons. The third kappa shape index (κ3) is 4.36. The van der Waals surface area contributed by atoms with Crippen molar-refractivity contribution in [2.75, 3.05) is 7.11 Å². The van der Waals surface area contributed by atoms with Gasteiger partial charge in [-0.3, -0.25) is 4.79 Å². The number of benzene rings is 2. The number of halogens is 1. The average Bonchev–Trinajstić information content (AvgIpc) is 2.97. The van der Waals surface area contributed by atoms with Crippen molar-refractivity contribution in [3.05, 3.63) is 64.6 Å². The van der Waals surface area contributed by atoms with E-state index in [-0.39, 0.29) is 12.2 Å². The SMILES string of the molecule is COc1cc2c(CC(=O)NC(C)(C)C(=O)O)c(C)n(C(=S)c3ccc(C)cc3)c2cc1F. The number of amides is 1. The smallest absolute Gasteiger partial charge is 0.328 e. The number of rotatable bonds is 6. The highest BCUT2D eigenvalue weighted by molar-refractivity contribution is 7.80. The number of hydrogen-bond donors (Lipinski definition) is 2. The Morgan fingerprint density at radius 1 is 1.19 bits per heavy atom. The topological polar surface area (TPSA) is 80.6 Å². The molecule has 1 heterocycles. The highest BCUT2D eigenvalue weighted by Crippen LogP contribution is 2.33. The van der Waals surface area contributed by atoms with Gasteiger partial charge in [0.25, 0.3) is 0 Å². The van der Waals surface area contributed by atoms with Crippen LogP contribution in [0.1, 0.15) is 36.2 Å². The minimum atomic E-state index is -1.43. The lowest BCUT2D eigenvalue weighted by molar-refractivity contribution is -0.145. The second-order valence-electron chi connectivity index (χ2n) is 8.23. The fourth-order valence-corrected chi connectivity index (χ4v) is 3.92. The van der Waals surface area contributed by atoms with Gasteiger partial charge in [0.05, 0.1) is 19.0 Å². The van der Waals surface area contributed by atoms with Crippen molar-refractivity contribution in [2.24, 2.45) is 0 Å². The molecule has 1 amide bonds. The maximum Gasteiger partial charge on any atom is 0.328 e. The van der Waals surface area contributed by atoms with Crippen LogP contribution in [0.3, 0.4) is 0 Å². The molecule has 3 rings (SSSR count). The van der Waals surface area contributed by atoms with E-state index < -0.39 is 23.2 Å². The zero-order valence-electron chi connectivity index (χ0n) is 18.6. The molecule has 0 bridgehead atoms. The number of ether oxygens (including phenoxy) is 1. The van der Waals surface area contributed by atoms with Gasteiger partial charge in [-0.1, -0.05) is 42.0 Å². The monoisotopic (exact) mass is 456 g/mol. The number of nitrogens with one attached hydrogen (secondary N) is 1. The summed E-state index contributed by atoms with van der Waals surface area (Å²) in [7, 11) is 1.37. The van der Waals surface area contributed by atoms with Crippen LogP contribution in [-0.2, 0) is 16.0 Å². The van der Waals surface area contributed by atoms with Crippen LogP contribution < -0.4 is 10.1 Å². The summed E-state index contributed by atoms with van der Waals surface area (Å²) in [6.45, 7) is 6.60. The van der Waals surface area contributed by atoms with Crippen LogP contribution in [-0.4, -0.2) is 39.2 Å². The quantitative estimate of drug-likeness (QED) is 0.545. The van der Waals surface area contributed by atoms with Gasteiger partial charge in [-0.05, 0) is 39.3 Å². The van der Waals surface area contributed by atoms with Crippen LogP contribution in [0.25, 0.3) is 10.9 Å². The Bertz CT molecular complexity index is 1230. The molecule has 0 atom stereocenters. The molecule has 0 spiro atoms. The molecule has 2 aromatic carbocycles. The second-order valence-corrected chi connectivity index (χ2v) is 8.62. The number of hydrogen-bond acceptors (Lipinski definition) is 4. The summed E-state index contributed by atoms with van der Waals surface area (Å²) in [5, 5.41) is 12.4. The summed E-state index contributed by atoms with van der Waals surface area (Å²) in [6.07, 6.45) is -0.0999. The largest absolute Gasteiger partial charge is 0.494 e. The molecule has 6 nitrogen and oxygen atoms in total. The number of carboxylic acids is 1. The van der Waals surface area contributed by atoms with E-state index in [9.17, 15) is 19.1 Å². The predicted octanol–water partition coefficient (Wildman–Crippen LogP) is 4.15. The van der Waals surface area contributed by atoms with Crippen LogP contribution in [0.15, 0.2) is 36.4 Å². The molecule has 0 aliphatic heterocycles. The Labute approximate surface area is 191 Å². The molecule has 0 saturated heterocycles. The molecule has 8 heteroatoms. The Hall–Kier alpha value is -3.26. The molecule has 32 heavy (non-hydrogen) atoms. The Kier molecular flexibility index (Phi) is 6.37. The first-order valence-electron chi connectivity index (χ1n) is 9.99. The van der Waals surface area contributed by atoms with Gasteiger partial charge < -0.3 is 19.7 Å². The zero-order valence-corrected chi connectivity index (χ0v) is 19.4. The number of carbonyl (C=O) groups excluding carboxylic acids is 1. The fraction of sp³-hybridized carbons (Fsp3) is 0.292. The number of methoxy groups -OCH3 is 1. The lowest BCUT2D eigenvalue weighted by Crippen LogP contribution is -2.50. The normalized spacial score (nSPS) is 11.4. The molecular weight excluding hydrogens is 431 g/mol. The Balaban J connectivity index is 2.15. The third-order valence-electron chi connectivity index (χ3n) is 5.43. The molecule has 168 valence electrons. The van der Waals surface area contributed by atoms with Crippen LogP contribution in [0.4, 0.5) is 4.39 Å². The Morgan fingerprint density at radius 2 is 1.81 bits per heavy atom. The van der Waals surface area contributed by atoms with Crippen LogP contribution in [0.5, 0.6) is 5.75 Å². The van der Waals surface area contributed by atoms with E-state index in [0.29, 0.717) is 27.1 Å². The van der Waals surface area contributed by atoms with Gasteiger partial charge in [-0.15, -0.1) is 0 Å². The van der Waals surface area contributed by atoms with E-state index in [0.717, 1.165) is 11.1 Å². The maximum atomic E-state index is 14.6. The van der Waals surface area contributed by atoms with Crippen molar-refractivity contribution < 1.29 is 23.8 Å². The number of fused-ring (bicyclic) bond motifs is 1. The molecule has 0 aliphatic carbocycles. The van der Waals surface area contributed by atoms with Gasteiger partial charge in [0.2, 0.25) is 5.91 Å². The summed E-state index contributed by atoms with van der Waals surface area (Å²) in [4.78, 5) is 24.6. The number of aliphatic carboxylic acids is 1. The lowest BCUT2D eigenvalue weighted by atomic mass is 10.0. The van der Waals surface area contributed by atoms with Crippen LogP contribution >= 0.6 is 12.2 Å². The third-order valence-corrected chi connectivity index (χ3v) is 5.85. The van der Waals surface area contributed by atoms with Gasteiger partial charge in [0.15, 0.2) is 11.6 Å². The van der Waals surface area contributed by atoms with Crippen molar-refractivity contribution in [3.63, 3.8) is 0 Å². The van der Waals surface area contributed by atoms with Gasteiger partial charge in [0.1, 0.15) is 10.5 Å². The van der Waals surface area contributed by atoms with Crippen molar-refractivity contribution in [3.8, 4) is 5.75 Å². The second kappa shape index (κ2) is 8.70. The number of thiocarbonyl (C=S) groups is 1. The first kappa shape index (κ1) is 23.4. The minimum absolute atomic E-state index is 0.0448. The first-order valence-corrected chi connectivity index (χ1v) is 10.4. The number of nitrogens with zero attached hydrogens (tertiary/aromatic N) is 1. The van der Waals surface area contributed by atoms with Crippen molar-refractivity contribution in [1.82, 2.24) is 9.88 Å². The summed E-state index contributed by atoms with van der Waals surface area (Å²) in [5.74, 6) is -2.12. The molecule has 0 fully saturated rings. The number of aromatic nitrogens is 1.